The molecule has 0 bridgehead atoms. The van der Waals surface area contributed by atoms with Crippen molar-refractivity contribution in [3.63, 3.8) is 0 Å². The van der Waals surface area contributed by atoms with Gasteiger partial charge in [-0.2, -0.15) is 0 Å². The standard InChI is InChI=1S/C81H136N2O67/c1-15(95)82-30-43(108)59(26(12-94)138-69(30)141-58-25(11-93)128-68(123)29(42(58)107)83-81(124)125)142-76-57(122)63(146-79-67(50(115)37(102)21(7-89)136-79)150-80-66(49(114)36(101)22(8-90)137-80)149-75-56(121)61(39(104)24(10-92)133-75)144-74-55(120)60(38(103)23(9-91)132-74)143-71-51(116)44(109)31(96)16(2-84)129-71)41(106)28(140-76)13-126-70-54(119)62(145-78-65(48(113)35(100)20(6-88)135-78)148-73-53(118)46(111)33(98)18(4-86)131-73)40(105)27(139-70)14-127-77-64(47(112)34(99)19(5-87)134-77)147-72-52(117)45(110)32(97)17(3-85)130-72/h16-80,83-94,96-123H,2-14H2,1H3,(H,82,95)(H,124,125)/t16-,17-,18-,19-,20-,21-,22-,23-,24-,25?,26-,27-,28-,29-,30-,31-,32-,33-,34-,35-,36-,37-,38-,39-,40-,41-,42-,43-,44+,45+,46+,47+,48+,49?,50+,51-,52+,53+,54+,55-,56?,57+,58?,59?,60+,61?,62+,63+,64+,65+,66?,67?,68?,69?,70+,71-,72-,73-,74-,75-,76+,77+,78-,79-,80-/m1/s1. The van der Waals surface area contributed by atoms with Gasteiger partial charge >= 0.3 is 6.09 Å². The van der Waals surface area contributed by atoms with Gasteiger partial charge in [0.1, 0.15) is 317 Å². The van der Waals surface area contributed by atoms with E-state index in [1.54, 1.807) is 5.32 Å². The van der Waals surface area contributed by atoms with Crippen LogP contribution in [-0.4, -0.2) is 701 Å². The summed E-state index contributed by atoms with van der Waals surface area (Å²) in [6.07, 6.45) is -146. The molecule has 13 fully saturated rings. The van der Waals surface area contributed by atoms with Gasteiger partial charge in [0.15, 0.2) is 81.8 Å². The van der Waals surface area contributed by atoms with E-state index in [-0.39, 0.29) is 0 Å². The van der Waals surface area contributed by atoms with Crippen LogP contribution in [0, 0.1) is 0 Å². The van der Waals surface area contributed by atoms with E-state index in [9.17, 15) is 214 Å². The molecule has 0 aromatic rings. The lowest BCUT2D eigenvalue weighted by molar-refractivity contribution is -0.412. The van der Waals surface area contributed by atoms with E-state index in [4.69, 9.17) is 118 Å². The Kier molecular flexibility index (Phi) is 44.0. The maximum atomic E-state index is 13.2. The highest BCUT2D eigenvalue weighted by Crippen LogP contribution is 2.44. The average Bonchev–Trinajstić information content (AvgIpc) is 0.755. The molecule has 0 aromatic carbocycles. The topological polar surface area (TPSA) is 1100 Å². The summed E-state index contributed by atoms with van der Waals surface area (Å²) in [5.74, 6) is -1.07. The monoisotopic (exact) mass is 2210 g/mol. The van der Waals surface area contributed by atoms with Crippen molar-refractivity contribution in [2.24, 2.45) is 0 Å². The summed E-state index contributed by atoms with van der Waals surface area (Å²) in [5, 5.41) is 452. The van der Waals surface area contributed by atoms with Gasteiger partial charge in [-0.1, -0.05) is 0 Å². The molecule has 0 saturated carbocycles. The number of aliphatic hydroxyl groups excluding tert-OH is 39. The number of aliphatic hydroxyl groups is 39. The maximum absolute atomic E-state index is 13.2. The average molecular weight is 2210 g/mol. The number of ether oxygens (including phenoxy) is 25. The molecule has 2 amide bonds. The maximum Gasteiger partial charge on any atom is 0.405 e. The van der Waals surface area contributed by atoms with Gasteiger partial charge in [-0.3, -0.25) is 4.79 Å². The second-order valence-corrected chi connectivity index (χ2v) is 37.7. The lowest BCUT2D eigenvalue weighted by Crippen LogP contribution is -2.70. The minimum Gasteiger partial charge on any atom is -0.465 e. The number of amides is 2. The third-order valence-corrected chi connectivity index (χ3v) is 27.9. The van der Waals surface area contributed by atoms with Gasteiger partial charge in [-0.25, -0.2) is 4.79 Å². The fourth-order valence-electron chi connectivity index (χ4n) is 19.3. The summed E-state index contributed by atoms with van der Waals surface area (Å²) in [7, 11) is 0. The molecular weight excluding hydrogens is 2070 g/mol. The molecule has 42 N–H and O–H groups in total. The van der Waals surface area contributed by atoms with E-state index in [1.165, 1.54) is 0 Å². The molecule has 69 heteroatoms. The summed E-state index contributed by atoms with van der Waals surface area (Å²) in [6, 6.07) is -4.11. The van der Waals surface area contributed by atoms with Crippen LogP contribution in [0.25, 0.3) is 0 Å². The van der Waals surface area contributed by atoms with Crippen molar-refractivity contribution in [1.82, 2.24) is 10.6 Å². The van der Waals surface area contributed by atoms with Crippen LogP contribution < -0.4 is 10.6 Å². The highest BCUT2D eigenvalue weighted by molar-refractivity contribution is 5.73. The van der Waals surface area contributed by atoms with Crippen LogP contribution in [-0.2, 0) is 123 Å². The number of rotatable bonds is 39. The van der Waals surface area contributed by atoms with Crippen molar-refractivity contribution in [3.05, 3.63) is 0 Å². The second kappa shape index (κ2) is 53.6. The van der Waals surface area contributed by atoms with E-state index < -0.39 is 497 Å². The van der Waals surface area contributed by atoms with Crippen molar-refractivity contribution in [2.45, 2.75) is 406 Å². The summed E-state index contributed by atoms with van der Waals surface area (Å²) >= 11 is 0. The van der Waals surface area contributed by atoms with E-state index in [0.29, 0.717) is 0 Å². The van der Waals surface area contributed by atoms with Crippen molar-refractivity contribution in [2.75, 3.05) is 85.9 Å². The molecule has 0 spiro atoms. The predicted molar refractivity (Wildman–Crippen MR) is 448 cm³/mol. The smallest absolute Gasteiger partial charge is 0.405 e. The van der Waals surface area contributed by atoms with E-state index in [1.807, 2.05) is 0 Å². The fourth-order valence-corrected chi connectivity index (χ4v) is 19.3. The first-order valence-electron chi connectivity index (χ1n) is 47.4. The summed E-state index contributed by atoms with van der Waals surface area (Å²) < 4.78 is 147. The minimum absolute atomic E-state index is 0.851. The molecule has 0 aliphatic carbocycles. The predicted octanol–water partition coefficient (Wildman–Crippen LogP) is -28.9. The van der Waals surface area contributed by atoms with Crippen molar-refractivity contribution in [1.29, 1.82) is 0 Å². The lowest BCUT2D eigenvalue weighted by atomic mass is 9.94. The summed E-state index contributed by atoms with van der Waals surface area (Å²) in [5.41, 5.74) is 0. The Balaban J connectivity index is 0.846. The van der Waals surface area contributed by atoms with Gasteiger partial charge in [0.25, 0.3) is 0 Å². The number of carboxylic acid groups (broad SMARTS) is 1. The van der Waals surface area contributed by atoms with Gasteiger partial charge < -0.3 is 333 Å². The molecule has 0 radical (unpaired) electrons. The molecule has 13 saturated heterocycles. The molecule has 13 aliphatic heterocycles. The second-order valence-electron chi connectivity index (χ2n) is 37.7. The SMILES string of the molecule is CC(=O)N[C@H]1C(OC2C(CO)OC(O)[C@H](NC(=O)O)[C@H]2O)O[C@H](CO)C(O[C@@H]2O[C@H](CO[C@H]3O[C@H](CO[C@H]4O[C@H](CO)[C@@H](O)[C@H](O)[C@@H]4O[C@H]4O[C@H](CO)[C@@H](O)[C@H](O)[C@@H]4O)[C@@H](O)[C@H](O[C@H]4O[C@H](CO)[C@@H](O)[C@H](O)[C@@H]4O[C@H]4O[C@H](CO)[C@@H](O)[C@H](O)[C@@H]4O)[C@@H]3O)[C@@H](O)[C@H](O[C@H]3O[C@H](CO)[C@@H](O)[C@H](O)C3O[C@H]3O[C@H](CO)[C@@H](O)C(O)C3O[C@H]3O[C@H](CO)[C@@H](O)C(O[C@H]4O[C@H](CO)[C@@H](O)[C@H](O[C@H]5O[C@H](CO)[C@@H](O)[C@H](O)[C@H]5O)[C@H]4O)C3O)[C@@H]2O)[C@@H]1O. The Morgan fingerprint density at radius 3 is 0.707 bits per heavy atom. The number of hydrogen-bond acceptors (Lipinski definition) is 66. The first-order chi connectivity index (χ1) is 71.1. The van der Waals surface area contributed by atoms with Gasteiger partial charge in [0.05, 0.1) is 85.9 Å². The highest BCUT2D eigenvalue weighted by Gasteiger charge is 2.65. The van der Waals surface area contributed by atoms with Gasteiger partial charge in [-0.15, -0.1) is 0 Å². The lowest BCUT2D eigenvalue weighted by Gasteiger charge is -2.51. The van der Waals surface area contributed by atoms with Crippen LogP contribution in [0.5, 0.6) is 0 Å². The Morgan fingerprint density at radius 1 is 0.187 bits per heavy atom. The van der Waals surface area contributed by atoms with Gasteiger partial charge in [0.2, 0.25) is 5.91 Å². The third-order valence-electron chi connectivity index (χ3n) is 27.9. The Labute approximate surface area is 844 Å². The molecule has 69 nitrogen and oxygen atoms in total. The summed E-state index contributed by atoms with van der Waals surface area (Å²) in [4.78, 5) is 25.1. The molecule has 150 heavy (non-hydrogen) atoms. The Hall–Kier alpha value is -3.82. The van der Waals surface area contributed by atoms with Crippen LogP contribution in [0.4, 0.5) is 4.79 Å². The number of hydrogen-bond donors (Lipinski definition) is 42. The van der Waals surface area contributed by atoms with Crippen LogP contribution >= 0.6 is 0 Å². The zero-order valence-electron chi connectivity index (χ0n) is 78.6. The van der Waals surface area contributed by atoms with Crippen LogP contribution in [0.3, 0.4) is 0 Å². The third kappa shape index (κ3) is 26.2. The number of nitrogens with one attached hydrogen (secondary N) is 2. The Bertz CT molecular complexity index is 4070. The number of carbonyl (C=O) groups is 2. The number of carbonyl (C=O) groups excluding carboxylic acids is 1. The molecule has 13 rings (SSSR count). The summed E-state index contributed by atoms with van der Waals surface area (Å²) in [6.45, 7) is -15.1. The normalized spacial score (nSPS) is 52.1. The quantitative estimate of drug-likeness (QED) is 0.0272. The minimum atomic E-state index is -2.81. The molecule has 13 aliphatic rings. The first-order valence-corrected chi connectivity index (χ1v) is 47.4. The molecule has 13 heterocycles. The zero-order valence-corrected chi connectivity index (χ0v) is 78.6. The first kappa shape index (κ1) is 123. The van der Waals surface area contributed by atoms with Crippen LogP contribution in [0.1, 0.15) is 6.92 Å². The van der Waals surface area contributed by atoms with Crippen molar-refractivity contribution < 1.29 is 332 Å². The zero-order chi connectivity index (χ0) is 110. The van der Waals surface area contributed by atoms with Crippen molar-refractivity contribution >= 4 is 12.0 Å². The van der Waals surface area contributed by atoms with Crippen LogP contribution in [0.15, 0.2) is 0 Å². The van der Waals surface area contributed by atoms with E-state index >= 15 is 0 Å². The van der Waals surface area contributed by atoms with Crippen LogP contribution in [0.2, 0.25) is 0 Å². The fraction of sp³-hybridized carbons (Fsp3) is 0.975. The van der Waals surface area contributed by atoms with E-state index in [0.717, 1.165) is 6.92 Å². The highest BCUT2D eigenvalue weighted by atomic mass is 16.8. The molecule has 65 atom stereocenters. The van der Waals surface area contributed by atoms with Gasteiger partial charge in [0, 0.05) is 6.92 Å². The largest absolute Gasteiger partial charge is 0.465 e. The molecule has 10 unspecified atom stereocenters. The van der Waals surface area contributed by atoms with E-state index in [2.05, 4.69) is 5.32 Å². The van der Waals surface area contributed by atoms with Crippen molar-refractivity contribution in [3.8, 4) is 0 Å². The molecule has 872 valence electrons. The molecular formula is C81H136N2O67. The molecule has 0 aromatic heterocycles. The Morgan fingerprint density at radius 2 is 0.393 bits per heavy atom. The van der Waals surface area contributed by atoms with Gasteiger partial charge in [-0.05, 0) is 0 Å².